The minimum atomic E-state index is -1.05. The van der Waals surface area contributed by atoms with Crippen LogP contribution in [-0.4, -0.2) is 27.9 Å². The van der Waals surface area contributed by atoms with Gasteiger partial charge >= 0.3 is 5.97 Å². The molecule has 0 radical (unpaired) electrons. The van der Waals surface area contributed by atoms with E-state index >= 15 is 0 Å². The molecule has 1 heterocycles. The predicted molar refractivity (Wildman–Crippen MR) is 62.0 cm³/mol. The normalized spacial score (nSPS) is 10.5. The second-order valence-corrected chi connectivity index (χ2v) is 3.77. The van der Waals surface area contributed by atoms with Crippen molar-refractivity contribution < 1.29 is 19.1 Å². The summed E-state index contributed by atoms with van der Waals surface area (Å²) in [5, 5.41) is 16.5. The number of ether oxygens (including phenoxy) is 1. The van der Waals surface area contributed by atoms with Gasteiger partial charge in [-0.05, 0) is 12.1 Å². The van der Waals surface area contributed by atoms with Gasteiger partial charge in [-0.15, -0.1) is 10.2 Å². The number of rotatable bonds is 5. The molecule has 0 saturated carbocycles. The number of benzene rings is 1. The van der Waals surface area contributed by atoms with Crippen molar-refractivity contribution in [1.82, 2.24) is 10.2 Å². The van der Waals surface area contributed by atoms with Gasteiger partial charge in [-0.3, -0.25) is 0 Å². The summed E-state index contributed by atoms with van der Waals surface area (Å²) in [6, 6.07) is 7.05. The summed E-state index contributed by atoms with van der Waals surface area (Å²) in [5.74, 6) is -0.582. The molecule has 1 aromatic carbocycles. The Morgan fingerprint density at radius 1 is 1.39 bits per heavy atom. The van der Waals surface area contributed by atoms with Gasteiger partial charge in [0.25, 0.3) is 0 Å². The molecule has 0 saturated heterocycles. The highest BCUT2D eigenvalue weighted by Crippen LogP contribution is 2.26. The maximum atomic E-state index is 10.3. The lowest BCUT2D eigenvalue weighted by Gasteiger charge is -1.97. The van der Waals surface area contributed by atoms with E-state index in [-0.39, 0.29) is 18.4 Å². The molecule has 7 heteroatoms. The maximum Gasteiger partial charge on any atom is 0.329 e. The molecule has 0 bridgehead atoms. The van der Waals surface area contributed by atoms with Crippen LogP contribution in [0.25, 0.3) is 11.5 Å². The molecular formula is C11H9ClN2O4. The van der Waals surface area contributed by atoms with Crippen LogP contribution < -0.4 is 0 Å². The Labute approximate surface area is 107 Å². The highest BCUT2D eigenvalue weighted by Gasteiger charge is 2.11. The lowest BCUT2D eigenvalue weighted by molar-refractivity contribution is -0.142. The number of nitrogens with zero attached hydrogens (tertiary/aromatic N) is 2. The summed E-state index contributed by atoms with van der Waals surface area (Å²) in [4.78, 5) is 10.3. The number of aromatic nitrogens is 2. The summed E-state index contributed by atoms with van der Waals surface area (Å²) in [6.45, 7) is -0.465. The Morgan fingerprint density at radius 3 is 2.89 bits per heavy atom. The molecule has 0 aliphatic heterocycles. The van der Waals surface area contributed by atoms with E-state index in [1.54, 1.807) is 24.3 Å². The predicted octanol–water partition coefficient (Wildman–Crippen LogP) is 1.99. The molecule has 0 spiro atoms. The largest absolute Gasteiger partial charge is 0.480 e. The molecule has 0 fully saturated rings. The van der Waals surface area contributed by atoms with Crippen LogP contribution in [0.4, 0.5) is 0 Å². The van der Waals surface area contributed by atoms with Crippen molar-refractivity contribution in [2.45, 2.75) is 6.61 Å². The Balaban J connectivity index is 2.06. The van der Waals surface area contributed by atoms with Gasteiger partial charge in [0.1, 0.15) is 13.2 Å². The fourth-order valence-electron chi connectivity index (χ4n) is 1.28. The Morgan fingerprint density at radius 2 is 2.17 bits per heavy atom. The molecule has 94 valence electrons. The molecule has 2 rings (SSSR count). The molecule has 6 nitrogen and oxygen atoms in total. The van der Waals surface area contributed by atoms with Gasteiger partial charge in [-0.25, -0.2) is 4.79 Å². The first-order chi connectivity index (χ1) is 8.66. The van der Waals surface area contributed by atoms with Crippen LogP contribution in [-0.2, 0) is 16.1 Å². The first-order valence-corrected chi connectivity index (χ1v) is 5.41. The van der Waals surface area contributed by atoms with Crippen molar-refractivity contribution in [3.63, 3.8) is 0 Å². The van der Waals surface area contributed by atoms with E-state index in [0.717, 1.165) is 0 Å². The van der Waals surface area contributed by atoms with Gasteiger partial charge in [-0.2, -0.15) is 0 Å². The van der Waals surface area contributed by atoms with Crippen molar-refractivity contribution in [3.05, 3.63) is 35.2 Å². The van der Waals surface area contributed by atoms with Crippen LogP contribution in [0.2, 0.25) is 5.02 Å². The van der Waals surface area contributed by atoms with Crippen molar-refractivity contribution >= 4 is 17.6 Å². The Hall–Kier alpha value is -1.92. The monoisotopic (exact) mass is 268 g/mol. The summed E-state index contributed by atoms with van der Waals surface area (Å²) < 4.78 is 10.1. The van der Waals surface area contributed by atoms with Crippen LogP contribution in [0, 0.1) is 0 Å². The third-order valence-electron chi connectivity index (χ3n) is 2.02. The molecule has 0 unspecified atom stereocenters. The summed E-state index contributed by atoms with van der Waals surface area (Å²) in [6.07, 6.45) is 0. The Kier molecular flexibility index (Phi) is 3.91. The fraction of sp³-hybridized carbons (Fsp3) is 0.182. The van der Waals surface area contributed by atoms with E-state index in [0.29, 0.717) is 10.6 Å². The van der Waals surface area contributed by atoms with Gasteiger partial charge in [0, 0.05) is 0 Å². The molecule has 0 aliphatic rings. The van der Waals surface area contributed by atoms with E-state index in [1.807, 2.05) is 0 Å². The average Bonchev–Trinajstić information content (AvgIpc) is 2.78. The van der Waals surface area contributed by atoms with Gasteiger partial charge in [0.05, 0.1) is 10.6 Å². The van der Waals surface area contributed by atoms with Crippen molar-refractivity contribution in [2.75, 3.05) is 6.61 Å². The summed E-state index contributed by atoms with van der Waals surface area (Å²) in [5.41, 5.74) is 0.621. The second kappa shape index (κ2) is 5.61. The van der Waals surface area contributed by atoms with Gasteiger partial charge in [-0.1, -0.05) is 23.7 Å². The van der Waals surface area contributed by atoms with Gasteiger partial charge in [0.2, 0.25) is 11.8 Å². The number of hydrogen-bond donors (Lipinski definition) is 1. The number of carboxylic acids is 1. The third-order valence-corrected chi connectivity index (χ3v) is 2.35. The SMILES string of the molecule is O=C(O)COCc1nnc(-c2ccccc2Cl)o1. The van der Waals surface area contributed by atoms with Crippen molar-refractivity contribution in [1.29, 1.82) is 0 Å². The molecule has 1 aromatic heterocycles. The number of carbonyl (C=O) groups is 1. The lowest BCUT2D eigenvalue weighted by Crippen LogP contribution is -2.06. The minimum Gasteiger partial charge on any atom is -0.480 e. The molecule has 0 amide bonds. The number of halogens is 1. The molecular weight excluding hydrogens is 260 g/mol. The van der Waals surface area contributed by atoms with E-state index in [2.05, 4.69) is 10.2 Å². The molecule has 2 aromatic rings. The maximum absolute atomic E-state index is 10.3. The van der Waals surface area contributed by atoms with Gasteiger partial charge < -0.3 is 14.3 Å². The fourth-order valence-corrected chi connectivity index (χ4v) is 1.50. The zero-order valence-corrected chi connectivity index (χ0v) is 9.92. The number of aliphatic carboxylic acids is 1. The quantitative estimate of drug-likeness (QED) is 0.892. The zero-order valence-electron chi connectivity index (χ0n) is 9.17. The molecule has 1 N–H and O–H groups in total. The minimum absolute atomic E-state index is 0.0518. The van der Waals surface area contributed by atoms with Crippen LogP contribution in [0.1, 0.15) is 5.89 Å². The number of hydrogen-bond acceptors (Lipinski definition) is 5. The van der Waals surface area contributed by atoms with E-state index in [9.17, 15) is 4.79 Å². The van der Waals surface area contributed by atoms with Crippen LogP contribution in [0.15, 0.2) is 28.7 Å². The van der Waals surface area contributed by atoms with Crippen LogP contribution in [0.3, 0.4) is 0 Å². The number of carboxylic acid groups (broad SMARTS) is 1. The highest BCUT2D eigenvalue weighted by atomic mass is 35.5. The van der Waals surface area contributed by atoms with Crippen LogP contribution in [0.5, 0.6) is 0 Å². The van der Waals surface area contributed by atoms with Crippen molar-refractivity contribution in [2.24, 2.45) is 0 Å². The first-order valence-electron chi connectivity index (χ1n) is 5.03. The standard InChI is InChI=1S/C11H9ClN2O4/c12-8-4-2-1-3-7(8)11-14-13-9(18-11)5-17-6-10(15)16/h1-4H,5-6H2,(H,15,16). The van der Waals surface area contributed by atoms with E-state index in [4.69, 9.17) is 25.9 Å². The highest BCUT2D eigenvalue weighted by molar-refractivity contribution is 6.33. The summed E-state index contributed by atoms with van der Waals surface area (Å²) >= 11 is 5.98. The molecule has 18 heavy (non-hydrogen) atoms. The lowest BCUT2D eigenvalue weighted by atomic mass is 10.2. The Bertz CT molecular complexity index is 555. The van der Waals surface area contributed by atoms with Crippen LogP contribution >= 0.6 is 11.6 Å². The first kappa shape index (κ1) is 12.5. The van der Waals surface area contributed by atoms with E-state index in [1.165, 1.54) is 0 Å². The average molecular weight is 269 g/mol. The van der Waals surface area contributed by atoms with Crippen molar-refractivity contribution in [3.8, 4) is 11.5 Å². The smallest absolute Gasteiger partial charge is 0.329 e. The molecule has 0 aliphatic carbocycles. The van der Waals surface area contributed by atoms with Gasteiger partial charge in [0.15, 0.2) is 0 Å². The topological polar surface area (TPSA) is 85.5 Å². The second-order valence-electron chi connectivity index (χ2n) is 3.37. The summed E-state index contributed by atoms with van der Waals surface area (Å²) in [7, 11) is 0. The zero-order chi connectivity index (χ0) is 13.0. The van der Waals surface area contributed by atoms with E-state index < -0.39 is 12.6 Å². The molecule has 0 atom stereocenters. The third kappa shape index (κ3) is 3.06.